The molecule has 0 atom stereocenters. The first kappa shape index (κ1) is 18.2. The third-order valence-electron chi connectivity index (χ3n) is 5.49. The summed E-state index contributed by atoms with van der Waals surface area (Å²) in [4.78, 5) is 18.2. The number of pyridine rings is 1. The predicted molar refractivity (Wildman–Crippen MR) is 113 cm³/mol. The molecule has 0 aliphatic heterocycles. The summed E-state index contributed by atoms with van der Waals surface area (Å²) < 4.78 is 16.5. The minimum absolute atomic E-state index is 0.0562. The van der Waals surface area contributed by atoms with Crippen LogP contribution in [0.5, 0.6) is 17.2 Å². The number of ether oxygens (including phenoxy) is 3. The quantitative estimate of drug-likeness (QED) is 0.486. The molecule has 0 spiro atoms. The van der Waals surface area contributed by atoms with Gasteiger partial charge in [0.15, 0.2) is 22.9 Å². The summed E-state index contributed by atoms with van der Waals surface area (Å²) in [6, 6.07) is 11.2. The minimum Gasteiger partial charge on any atom is -0.493 e. The summed E-state index contributed by atoms with van der Waals surface area (Å²) in [5.41, 5.74) is 5.55. The number of hydrogen-bond donors (Lipinski definition) is 1. The van der Waals surface area contributed by atoms with Crippen molar-refractivity contribution in [3.05, 3.63) is 53.2 Å². The largest absolute Gasteiger partial charge is 0.493 e. The van der Waals surface area contributed by atoms with E-state index in [1.807, 2.05) is 43.3 Å². The van der Waals surface area contributed by atoms with E-state index >= 15 is 0 Å². The van der Waals surface area contributed by atoms with Gasteiger partial charge in [0, 0.05) is 22.4 Å². The van der Waals surface area contributed by atoms with Gasteiger partial charge in [-0.25, -0.2) is 4.98 Å². The Kier molecular flexibility index (Phi) is 3.99. The molecule has 5 rings (SSSR count). The molecule has 0 unspecified atom stereocenters. The molecule has 0 radical (unpaired) electrons. The average Bonchev–Trinajstić information content (AvgIpc) is 3.29. The molecule has 0 bridgehead atoms. The van der Waals surface area contributed by atoms with Crippen molar-refractivity contribution >= 4 is 16.8 Å². The molecule has 7 heteroatoms. The number of fused-ring (bicyclic) bond motifs is 4. The summed E-state index contributed by atoms with van der Waals surface area (Å²) in [6.07, 6.45) is 0. The number of nitrogens with zero attached hydrogens (tertiary/aromatic N) is 2. The van der Waals surface area contributed by atoms with E-state index in [1.54, 1.807) is 21.3 Å². The second-order valence-corrected chi connectivity index (χ2v) is 7.05. The number of nitrogens with one attached hydrogen (secondary N) is 1. The van der Waals surface area contributed by atoms with Crippen LogP contribution in [0.4, 0.5) is 0 Å². The van der Waals surface area contributed by atoms with Gasteiger partial charge < -0.3 is 14.2 Å². The van der Waals surface area contributed by atoms with Gasteiger partial charge in [0.25, 0.3) is 0 Å². The Morgan fingerprint density at radius 1 is 0.900 bits per heavy atom. The molecule has 1 N–H and O–H groups in total. The second-order valence-electron chi connectivity index (χ2n) is 7.05. The second kappa shape index (κ2) is 6.59. The maximum atomic E-state index is 13.4. The zero-order valence-electron chi connectivity index (χ0n) is 17.0. The number of ketones is 1. The van der Waals surface area contributed by atoms with Crippen LogP contribution in [-0.4, -0.2) is 42.3 Å². The Morgan fingerprint density at radius 2 is 1.57 bits per heavy atom. The van der Waals surface area contributed by atoms with E-state index in [2.05, 4.69) is 10.2 Å². The Balaban J connectivity index is 1.92. The van der Waals surface area contributed by atoms with Crippen LogP contribution in [0.1, 0.15) is 21.6 Å². The normalized spacial score (nSPS) is 12.1. The lowest BCUT2D eigenvalue weighted by Crippen LogP contribution is -2.02. The zero-order valence-corrected chi connectivity index (χ0v) is 17.0. The maximum absolute atomic E-state index is 13.4. The lowest BCUT2D eigenvalue weighted by atomic mass is 9.94. The number of aromatic amines is 1. The van der Waals surface area contributed by atoms with Gasteiger partial charge in [-0.1, -0.05) is 24.3 Å². The molecule has 150 valence electrons. The molecule has 2 heterocycles. The fourth-order valence-corrected chi connectivity index (χ4v) is 4.15. The Morgan fingerprint density at radius 3 is 2.20 bits per heavy atom. The number of hydrogen-bond acceptors (Lipinski definition) is 6. The molecule has 2 aromatic carbocycles. The smallest absolute Gasteiger partial charge is 0.203 e. The lowest BCUT2D eigenvalue weighted by Gasteiger charge is -2.16. The van der Waals surface area contributed by atoms with Crippen molar-refractivity contribution in [2.45, 2.75) is 6.92 Å². The molecular formula is C23H19N3O4. The van der Waals surface area contributed by atoms with Crippen LogP contribution in [-0.2, 0) is 0 Å². The molecule has 4 aromatic rings. The minimum atomic E-state index is -0.0562. The Hall–Kier alpha value is -3.87. The zero-order chi connectivity index (χ0) is 21.0. The van der Waals surface area contributed by atoms with Crippen LogP contribution in [0.15, 0.2) is 36.4 Å². The van der Waals surface area contributed by atoms with E-state index in [9.17, 15) is 4.79 Å². The molecule has 1 aliphatic rings. The van der Waals surface area contributed by atoms with Gasteiger partial charge in [0.2, 0.25) is 5.75 Å². The molecule has 30 heavy (non-hydrogen) atoms. The first-order valence-electron chi connectivity index (χ1n) is 9.42. The molecular weight excluding hydrogens is 382 g/mol. The van der Waals surface area contributed by atoms with Crippen molar-refractivity contribution in [2.24, 2.45) is 0 Å². The van der Waals surface area contributed by atoms with Crippen LogP contribution < -0.4 is 14.2 Å². The van der Waals surface area contributed by atoms with E-state index in [-0.39, 0.29) is 5.78 Å². The Labute approximate surface area is 172 Å². The van der Waals surface area contributed by atoms with Crippen LogP contribution in [0.25, 0.3) is 33.4 Å². The Bertz CT molecular complexity index is 1320. The van der Waals surface area contributed by atoms with Gasteiger partial charge in [0.1, 0.15) is 0 Å². The molecule has 0 saturated heterocycles. The summed E-state index contributed by atoms with van der Waals surface area (Å²) in [7, 11) is 4.69. The average molecular weight is 401 g/mol. The number of H-pyrrole nitrogens is 1. The van der Waals surface area contributed by atoms with E-state index in [0.29, 0.717) is 39.7 Å². The van der Waals surface area contributed by atoms with Crippen LogP contribution >= 0.6 is 0 Å². The summed E-state index contributed by atoms with van der Waals surface area (Å²) in [6.45, 7) is 1.91. The number of carbonyl (C=O) groups excluding carboxylic acids is 1. The molecule has 0 fully saturated rings. The standard InChI is InChI=1S/C23H19N3O4/c1-11-17-18(12-9-15(28-2)22(30-4)16(10-12)29-3)19-20(24-23(17)26-25-11)13-7-5-6-8-14(13)21(19)27/h5-10H,1-4H3,(H,24,25,26). The van der Waals surface area contributed by atoms with Gasteiger partial charge >= 0.3 is 0 Å². The van der Waals surface area contributed by atoms with E-state index < -0.39 is 0 Å². The van der Waals surface area contributed by atoms with Crippen molar-refractivity contribution in [3.8, 4) is 39.6 Å². The summed E-state index contributed by atoms with van der Waals surface area (Å²) >= 11 is 0. The highest BCUT2D eigenvalue weighted by atomic mass is 16.5. The summed E-state index contributed by atoms with van der Waals surface area (Å²) in [5.74, 6) is 1.45. The van der Waals surface area contributed by atoms with Crippen molar-refractivity contribution in [3.63, 3.8) is 0 Å². The van der Waals surface area contributed by atoms with Gasteiger partial charge in [-0.05, 0) is 24.6 Å². The monoisotopic (exact) mass is 401 g/mol. The van der Waals surface area contributed by atoms with E-state index in [1.165, 1.54) is 0 Å². The third-order valence-corrected chi connectivity index (χ3v) is 5.49. The van der Waals surface area contributed by atoms with Crippen molar-refractivity contribution in [1.82, 2.24) is 15.2 Å². The van der Waals surface area contributed by atoms with Crippen molar-refractivity contribution < 1.29 is 19.0 Å². The summed E-state index contributed by atoms with van der Waals surface area (Å²) in [5, 5.41) is 8.16. The number of carbonyl (C=O) groups is 1. The molecule has 2 aromatic heterocycles. The predicted octanol–water partition coefficient (Wildman–Crippen LogP) is 4.17. The SMILES string of the molecule is COc1cc(-c2c3c(nc4n[nH]c(C)c24)-c2ccccc2C3=O)cc(OC)c1OC. The van der Waals surface area contributed by atoms with Gasteiger partial charge in [-0.2, -0.15) is 5.10 Å². The maximum Gasteiger partial charge on any atom is 0.203 e. The van der Waals surface area contributed by atoms with E-state index in [4.69, 9.17) is 19.2 Å². The molecule has 7 nitrogen and oxygen atoms in total. The molecule has 0 amide bonds. The van der Waals surface area contributed by atoms with Crippen LogP contribution in [0.2, 0.25) is 0 Å². The fourth-order valence-electron chi connectivity index (χ4n) is 4.15. The fraction of sp³-hybridized carbons (Fsp3) is 0.174. The van der Waals surface area contributed by atoms with Crippen molar-refractivity contribution in [2.75, 3.05) is 21.3 Å². The topological polar surface area (TPSA) is 86.3 Å². The van der Waals surface area contributed by atoms with Gasteiger partial charge in [-0.15, -0.1) is 0 Å². The first-order chi connectivity index (χ1) is 14.6. The van der Waals surface area contributed by atoms with Crippen molar-refractivity contribution in [1.29, 1.82) is 0 Å². The number of aromatic nitrogens is 3. The van der Waals surface area contributed by atoms with Gasteiger partial charge in [0.05, 0.1) is 38.0 Å². The number of aryl methyl sites for hydroxylation is 1. The number of benzene rings is 2. The molecule has 1 aliphatic carbocycles. The number of rotatable bonds is 4. The highest BCUT2D eigenvalue weighted by molar-refractivity contribution is 6.26. The van der Waals surface area contributed by atoms with Gasteiger partial charge in [-0.3, -0.25) is 9.89 Å². The number of methoxy groups -OCH3 is 3. The molecule has 0 saturated carbocycles. The first-order valence-corrected chi connectivity index (χ1v) is 9.42. The van der Waals surface area contributed by atoms with Crippen LogP contribution in [0, 0.1) is 6.92 Å². The third kappa shape index (κ3) is 2.35. The van der Waals surface area contributed by atoms with Crippen LogP contribution in [0.3, 0.4) is 0 Å². The van der Waals surface area contributed by atoms with E-state index in [0.717, 1.165) is 27.8 Å². The highest BCUT2D eigenvalue weighted by Crippen LogP contribution is 2.47. The highest BCUT2D eigenvalue weighted by Gasteiger charge is 2.34. The lowest BCUT2D eigenvalue weighted by molar-refractivity contribution is 0.104.